The van der Waals surface area contributed by atoms with Gasteiger partial charge in [0.1, 0.15) is 0 Å². The van der Waals surface area contributed by atoms with Gasteiger partial charge in [-0.3, -0.25) is 15.0 Å². The van der Waals surface area contributed by atoms with Gasteiger partial charge >= 0.3 is 0 Å². The molecule has 0 fully saturated rings. The molecule has 0 aliphatic heterocycles. The number of para-hydroxylation sites is 1. The van der Waals surface area contributed by atoms with E-state index in [2.05, 4.69) is 0 Å². The van der Waals surface area contributed by atoms with E-state index in [9.17, 15) is 9.59 Å². The van der Waals surface area contributed by atoms with Crippen molar-refractivity contribution in [2.24, 2.45) is 0 Å². The molecule has 8 heteroatoms. The molecule has 0 unspecified atom stereocenters. The number of imidazole rings is 1. The van der Waals surface area contributed by atoms with Gasteiger partial charge in [-0.25, -0.2) is 0 Å². The second kappa shape index (κ2) is 11.6. The lowest BCUT2D eigenvalue weighted by Crippen LogP contribution is -2.31. The minimum Gasteiger partial charge on any atom is -0.346 e. The number of fused-ring (bicyclic) bond motifs is 1. The van der Waals surface area contributed by atoms with E-state index in [1.165, 1.54) is 0 Å². The van der Waals surface area contributed by atoms with Crippen molar-refractivity contribution in [3.05, 3.63) is 99.6 Å². The third-order valence-electron chi connectivity index (χ3n) is 6.28. The van der Waals surface area contributed by atoms with E-state index in [1.54, 1.807) is 46.8 Å². The number of hydrogen-bond donors (Lipinski definition) is 1. The molecule has 0 spiro atoms. The highest BCUT2D eigenvalue weighted by Gasteiger charge is 2.17. The predicted octanol–water partition coefficient (Wildman–Crippen LogP) is 5.59. The van der Waals surface area contributed by atoms with E-state index < -0.39 is 0 Å². The third kappa shape index (κ3) is 5.89. The second-order valence-electron chi connectivity index (χ2n) is 8.75. The smallest absolute Gasteiger partial charge is 0.222 e. The lowest BCUT2D eigenvalue weighted by Gasteiger charge is -2.17. The number of nitrogens with zero attached hydrogens (tertiary/aromatic N) is 3. The topological polar surface area (TPSA) is 71.1 Å². The number of ketones is 1. The molecule has 186 valence electrons. The number of Topliss-reactive ketones (excluding diaryl/α,β-unsaturated/α-hetero) is 1. The fourth-order valence-corrected chi connectivity index (χ4v) is 4.68. The average Bonchev–Trinajstić information content (AvgIpc) is 3.15. The number of halogens is 2. The number of aryl methyl sites for hydroxylation is 2. The first-order chi connectivity index (χ1) is 17.3. The van der Waals surface area contributed by atoms with Gasteiger partial charge in [0.05, 0.1) is 22.6 Å². The largest absolute Gasteiger partial charge is 0.346 e. The summed E-state index contributed by atoms with van der Waals surface area (Å²) in [4.78, 5) is 27.2. The van der Waals surface area contributed by atoms with Crippen LogP contribution in [0.15, 0.2) is 72.8 Å². The van der Waals surface area contributed by atoms with Crippen molar-refractivity contribution in [3.8, 4) is 0 Å². The van der Waals surface area contributed by atoms with E-state index in [1.807, 2.05) is 47.0 Å². The number of hydrogen-bond acceptors (Lipinski definition) is 3. The Labute approximate surface area is 220 Å². The summed E-state index contributed by atoms with van der Waals surface area (Å²) >= 11 is 12.5. The molecule has 0 radical (unpaired) electrons. The first-order valence-electron chi connectivity index (χ1n) is 11.8. The number of nitrogens with one attached hydrogen (secondary N) is 1. The molecule has 0 atom stereocenters. The van der Waals surface area contributed by atoms with Gasteiger partial charge < -0.3 is 14.0 Å². The van der Waals surface area contributed by atoms with E-state index in [-0.39, 0.29) is 23.9 Å². The molecular formula is C28H28Cl2N4O2. The Bertz CT molecular complexity index is 1430. The van der Waals surface area contributed by atoms with Crippen molar-refractivity contribution in [2.75, 3.05) is 13.6 Å². The van der Waals surface area contributed by atoms with Crippen molar-refractivity contribution in [1.29, 1.82) is 5.41 Å². The van der Waals surface area contributed by atoms with Crippen LogP contribution in [-0.4, -0.2) is 39.3 Å². The maximum absolute atomic E-state index is 12.9. The monoisotopic (exact) mass is 522 g/mol. The molecule has 0 bridgehead atoms. The summed E-state index contributed by atoms with van der Waals surface area (Å²) in [6, 6.07) is 22.2. The first kappa shape index (κ1) is 25.7. The number of rotatable bonds is 10. The quantitative estimate of drug-likeness (QED) is 0.275. The van der Waals surface area contributed by atoms with Crippen molar-refractivity contribution in [1.82, 2.24) is 14.0 Å². The van der Waals surface area contributed by atoms with Crippen molar-refractivity contribution < 1.29 is 9.59 Å². The first-order valence-corrected chi connectivity index (χ1v) is 12.6. The minimum atomic E-state index is -0.118. The summed E-state index contributed by atoms with van der Waals surface area (Å²) in [5.41, 5.74) is 3.31. The van der Waals surface area contributed by atoms with Crippen LogP contribution in [0.25, 0.3) is 11.0 Å². The molecule has 1 N–H and O–H groups in total. The molecule has 6 nitrogen and oxygen atoms in total. The van der Waals surface area contributed by atoms with Gasteiger partial charge in [0.15, 0.2) is 5.78 Å². The molecule has 0 saturated carbocycles. The molecule has 1 heterocycles. The highest BCUT2D eigenvalue weighted by molar-refractivity contribution is 6.35. The van der Waals surface area contributed by atoms with Gasteiger partial charge in [0.2, 0.25) is 11.5 Å². The SMILES string of the molecule is CN(CCCn1c(=N)n(CC(=O)c2ccc(Cl)cc2)c2cccc(Cl)c21)C(=O)CCc1ccccc1. The van der Waals surface area contributed by atoms with Crippen LogP contribution in [0.5, 0.6) is 0 Å². The molecule has 0 aliphatic rings. The van der Waals surface area contributed by atoms with Crippen LogP contribution in [0.2, 0.25) is 10.0 Å². The summed E-state index contributed by atoms with van der Waals surface area (Å²) < 4.78 is 3.49. The van der Waals surface area contributed by atoms with E-state index in [4.69, 9.17) is 28.6 Å². The molecule has 0 aliphatic carbocycles. The predicted molar refractivity (Wildman–Crippen MR) is 144 cm³/mol. The standard InChI is InChI=1S/C28H28Cl2N4O2/c1-32(26(36)16-11-20-7-3-2-4-8-20)17-6-18-33-27-23(30)9-5-10-24(27)34(28(33)31)19-25(35)21-12-14-22(29)15-13-21/h2-5,7-10,12-15,31H,6,11,16-19H2,1H3. The van der Waals surface area contributed by atoms with Crippen molar-refractivity contribution >= 4 is 45.9 Å². The molecule has 4 aromatic rings. The second-order valence-corrected chi connectivity index (χ2v) is 9.60. The molecule has 3 aromatic carbocycles. The van der Waals surface area contributed by atoms with Crippen LogP contribution in [0.1, 0.15) is 28.8 Å². The fourth-order valence-electron chi connectivity index (χ4n) is 4.28. The minimum absolute atomic E-state index is 0.0161. The normalized spacial score (nSPS) is 11.1. The zero-order valence-corrected chi connectivity index (χ0v) is 21.6. The molecular weight excluding hydrogens is 495 g/mol. The Balaban J connectivity index is 1.46. The zero-order valence-electron chi connectivity index (χ0n) is 20.1. The van der Waals surface area contributed by atoms with Crippen LogP contribution < -0.4 is 5.62 Å². The van der Waals surface area contributed by atoms with Gasteiger partial charge in [0.25, 0.3) is 0 Å². The molecule has 4 rings (SSSR count). The summed E-state index contributed by atoms with van der Waals surface area (Å²) in [5.74, 6) is -0.0306. The van der Waals surface area contributed by atoms with Crippen LogP contribution in [0.3, 0.4) is 0 Å². The Morgan fingerprint density at radius 1 is 0.917 bits per heavy atom. The lowest BCUT2D eigenvalue weighted by atomic mass is 10.1. The third-order valence-corrected chi connectivity index (χ3v) is 6.83. The summed E-state index contributed by atoms with van der Waals surface area (Å²) in [6.45, 7) is 1.07. The van der Waals surface area contributed by atoms with Gasteiger partial charge in [0, 0.05) is 37.1 Å². The number of carbonyl (C=O) groups is 2. The van der Waals surface area contributed by atoms with Crippen LogP contribution in [-0.2, 0) is 24.3 Å². The molecule has 36 heavy (non-hydrogen) atoms. The molecule has 1 aromatic heterocycles. The fraction of sp³-hybridized carbons (Fsp3) is 0.250. The summed E-state index contributed by atoms with van der Waals surface area (Å²) in [5, 5.41) is 9.89. The Kier molecular flexibility index (Phi) is 8.28. The summed E-state index contributed by atoms with van der Waals surface area (Å²) in [7, 11) is 1.81. The van der Waals surface area contributed by atoms with Gasteiger partial charge in [-0.1, -0.05) is 59.6 Å². The zero-order chi connectivity index (χ0) is 25.7. The number of carbonyl (C=O) groups excluding carboxylic acids is 2. The van der Waals surface area contributed by atoms with E-state index in [0.29, 0.717) is 53.5 Å². The van der Waals surface area contributed by atoms with E-state index >= 15 is 0 Å². The Morgan fingerprint density at radius 3 is 2.36 bits per heavy atom. The molecule has 0 saturated heterocycles. The van der Waals surface area contributed by atoms with Gasteiger partial charge in [-0.15, -0.1) is 0 Å². The highest BCUT2D eigenvalue weighted by atomic mass is 35.5. The van der Waals surface area contributed by atoms with E-state index in [0.717, 1.165) is 11.1 Å². The maximum atomic E-state index is 12.9. The Hall–Kier alpha value is -3.35. The number of benzene rings is 3. The van der Waals surface area contributed by atoms with Crippen LogP contribution in [0.4, 0.5) is 0 Å². The van der Waals surface area contributed by atoms with Crippen LogP contribution >= 0.6 is 23.2 Å². The van der Waals surface area contributed by atoms with Gasteiger partial charge in [-0.05, 0) is 54.8 Å². The maximum Gasteiger partial charge on any atom is 0.222 e. The number of aromatic nitrogens is 2. The average molecular weight is 523 g/mol. The number of amides is 1. The summed E-state index contributed by atoms with van der Waals surface area (Å²) in [6.07, 6.45) is 1.81. The van der Waals surface area contributed by atoms with Gasteiger partial charge in [-0.2, -0.15) is 0 Å². The molecule has 1 amide bonds. The van der Waals surface area contributed by atoms with Crippen LogP contribution in [0, 0.1) is 5.41 Å². The Morgan fingerprint density at radius 2 is 1.64 bits per heavy atom. The highest BCUT2D eigenvalue weighted by Crippen LogP contribution is 2.23. The van der Waals surface area contributed by atoms with Crippen molar-refractivity contribution in [3.63, 3.8) is 0 Å². The van der Waals surface area contributed by atoms with Crippen molar-refractivity contribution in [2.45, 2.75) is 32.4 Å². The lowest BCUT2D eigenvalue weighted by molar-refractivity contribution is -0.129.